The Morgan fingerprint density at radius 2 is 2.00 bits per heavy atom. The highest BCUT2D eigenvalue weighted by atomic mass is 32.2. The van der Waals surface area contributed by atoms with Gasteiger partial charge in [-0.05, 0) is 24.6 Å². The van der Waals surface area contributed by atoms with E-state index in [4.69, 9.17) is 14.2 Å². The first-order valence-electron chi connectivity index (χ1n) is 10.1. The van der Waals surface area contributed by atoms with E-state index in [1.807, 2.05) is 6.07 Å². The molecule has 1 heterocycles. The molecule has 33 heavy (non-hydrogen) atoms. The lowest BCUT2D eigenvalue weighted by atomic mass is 10.1. The van der Waals surface area contributed by atoms with Crippen LogP contribution in [0, 0.1) is 10.1 Å². The average Bonchev–Trinajstić information content (AvgIpc) is 2.79. The lowest BCUT2D eigenvalue weighted by Crippen LogP contribution is -2.51. The Morgan fingerprint density at radius 1 is 1.30 bits per heavy atom. The molecule has 0 radical (unpaired) electrons. The molecule has 2 atom stereocenters. The van der Waals surface area contributed by atoms with Crippen LogP contribution in [-0.4, -0.2) is 57.9 Å². The number of amides is 1. The number of nitro benzene ring substituents is 1. The fourth-order valence-electron chi connectivity index (χ4n) is 3.50. The molecule has 178 valence electrons. The van der Waals surface area contributed by atoms with Gasteiger partial charge in [0, 0.05) is 12.1 Å². The monoisotopic (exact) mass is 479 g/mol. The normalized spacial score (nSPS) is 15.9. The van der Waals surface area contributed by atoms with Gasteiger partial charge in [0.15, 0.2) is 11.5 Å². The van der Waals surface area contributed by atoms with Crippen molar-refractivity contribution in [3.8, 4) is 17.2 Å². The van der Waals surface area contributed by atoms with Gasteiger partial charge in [-0.1, -0.05) is 19.1 Å². The van der Waals surface area contributed by atoms with Gasteiger partial charge in [-0.25, -0.2) is 8.42 Å². The molecular formula is C21H25N3O8S. The number of sulfonamides is 1. The molecule has 0 aliphatic carbocycles. The molecule has 1 aliphatic heterocycles. The smallest absolute Gasteiger partial charge is 0.271 e. The number of rotatable bonds is 9. The second kappa shape index (κ2) is 9.94. The molecule has 0 saturated heterocycles. The maximum atomic E-state index is 13.1. The predicted octanol–water partition coefficient (Wildman–Crippen LogP) is 2.10. The summed E-state index contributed by atoms with van der Waals surface area (Å²) in [5.41, 5.74) is -0.427. The summed E-state index contributed by atoms with van der Waals surface area (Å²) in [6.07, 6.45) is 0.562. The van der Waals surface area contributed by atoms with E-state index in [9.17, 15) is 23.3 Å². The number of non-ortho nitro benzene ring substituents is 1. The number of para-hydroxylation sites is 2. The molecular weight excluding hydrogens is 454 g/mol. The van der Waals surface area contributed by atoms with Gasteiger partial charge < -0.3 is 19.5 Å². The minimum absolute atomic E-state index is 0.0767. The highest BCUT2D eigenvalue weighted by Crippen LogP contribution is 2.36. The van der Waals surface area contributed by atoms with Crippen molar-refractivity contribution in [1.29, 1.82) is 0 Å². The number of carbonyl (C=O) groups excluding carboxylic acids is 1. The Labute approximate surface area is 191 Å². The SMILES string of the molecule is CC[C@H](C(=O)NC[C@@H]1COc2ccccc2O1)N(c1cc([N+](=O)[O-])ccc1OC)S(C)(=O)=O. The van der Waals surface area contributed by atoms with Crippen molar-refractivity contribution in [2.24, 2.45) is 0 Å². The number of ether oxygens (including phenoxy) is 3. The first-order chi connectivity index (χ1) is 15.7. The van der Waals surface area contributed by atoms with Gasteiger partial charge in [0.05, 0.1) is 24.8 Å². The van der Waals surface area contributed by atoms with Gasteiger partial charge in [-0.2, -0.15) is 0 Å². The fraction of sp³-hybridized carbons (Fsp3) is 0.381. The number of carbonyl (C=O) groups is 1. The Balaban J connectivity index is 1.83. The molecule has 11 nitrogen and oxygen atoms in total. The molecule has 0 saturated carbocycles. The average molecular weight is 480 g/mol. The molecule has 12 heteroatoms. The highest BCUT2D eigenvalue weighted by molar-refractivity contribution is 7.92. The van der Waals surface area contributed by atoms with Crippen LogP contribution in [0.2, 0.25) is 0 Å². The number of benzene rings is 2. The number of nitrogens with zero attached hydrogens (tertiary/aromatic N) is 2. The van der Waals surface area contributed by atoms with Gasteiger partial charge >= 0.3 is 0 Å². The summed E-state index contributed by atoms with van der Waals surface area (Å²) < 4.78 is 42.9. The zero-order valence-electron chi connectivity index (χ0n) is 18.4. The van der Waals surface area contributed by atoms with Gasteiger partial charge in [0.25, 0.3) is 5.69 Å². The van der Waals surface area contributed by atoms with E-state index in [1.165, 1.54) is 19.2 Å². The molecule has 2 aromatic rings. The van der Waals surface area contributed by atoms with Gasteiger partial charge in [0.1, 0.15) is 30.2 Å². The largest absolute Gasteiger partial charge is 0.495 e. The maximum absolute atomic E-state index is 13.1. The van der Waals surface area contributed by atoms with E-state index in [1.54, 1.807) is 25.1 Å². The standard InChI is InChI=1S/C21H25N3O8S/c1-4-16(21(25)22-12-15-13-31-19-7-5-6-8-20(19)32-15)23(33(3,28)29)17-11-14(24(26)27)9-10-18(17)30-2/h5-11,15-16H,4,12-13H2,1-3H3,(H,22,25)/t15-,16-/m1/s1. The minimum atomic E-state index is -4.02. The molecule has 3 rings (SSSR count). The zero-order chi connectivity index (χ0) is 24.2. The number of fused-ring (bicyclic) bond motifs is 1. The van der Waals surface area contributed by atoms with Crippen LogP contribution in [0.25, 0.3) is 0 Å². The van der Waals surface area contributed by atoms with E-state index in [0.717, 1.165) is 16.6 Å². The summed E-state index contributed by atoms with van der Waals surface area (Å²) in [5, 5.41) is 14.0. The molecule has 0 aromatic heterocycles. The van der Waals surface area contributed by atoms with Crippen LogP contribution >= 0.6 is 0 Å². The van der Waals surface area contributed by atoms with Crippen molar-refractivity contribution in [1.82, 2.24) is 5.32 Å². The van der Waals surface area contributed by atoms with Crippen LogP contribution in [0.1, 0.15) is 13.3 Å². The van der Waals surface area contributed by atoms with Crippen molar-refractivity contribution in [2.75, 3.05) is 30.8 Å². The van der Waals surface area contributed by atoms with E-state index in [2.05, 4.69) is 5.32 Å². The van der Waals surface area contributed by atoms with Crippen LogP contribution in [0.3, 0.4) is 0 Å². The van der Waals surface area contributed by atoms with Gasteiger partial charge in [-0.15, -0.1) is 0 Å². The van der Waals surface area contributed by atoms with Gasteiger partial charge in [-0.3, -0.25) is 19.2 Å². The Bertz CT molecular complexity index is 1140. The van der Waals surface area contributed by atoms with Crippen molar-refractivity contribution < 1.29 is 32.3 Å². The van der Waals surface area contributed by atoms with Crippen LogP contribution in [0.15, 0.2) is 42.5 Å². The van der Waals surface area contributed by atoms with Crippen LogP contribution in [0.4, 0.5) is 11.4 Å². The number of hydrogen-bond donors (Lipinski definition) is 1. The first-order valence-corrected chi connectivity index (χ1v) is 12.0. The topological polar surface area (TPSA) is 137 Å². The van der Waals surface area contributed by atoms with Gasteiger partial charge in [0.2, 0.25) is 15.9 Å². The van der Waals surface area contributed by atoms with Crippen molar-refractivity contribution in [2.45, 2.75) is 25.5 Å². The summed E-state index contributed by atoms with van der Waals surface area (Å²) in [6, 6.07) is 9.53. The molecule has 0 bridgehead atoms. The highest BCUT2D eigenvalue weighted by Gasteiger charge is 2.35. The lowest BCUT2D eigenvalue weighted by molar-refractivity contribution is -0.384. The molecule has 1 aliphatic rings. The second-order valence-corrected chi connectivity index (χ2v) is 9.20. The Morgan fingerprint density at radius 3 is 2.61 bits per heavy atom. The third-order valence-corrected chi connectivity index (χ3v) is 6.18. The van der Waals surface area contributed by atoms with Crippen molar-refractivity contribution in [3.63, 3.8) is 0 Å². The van der Waals surface area contributed by atoms with E-state index >= 15 is 0 Å². The van der Waals surface area contributed by atoms with E-state index in [-0.39, 0.29) is 36.7 Å². The van der Waals surface area contributed by atoms with E-state index in [0.29, 0.717) is 11.5 Å². The van der Waals surface area contributed by atoms with Crippen LogP contribution in [-0.2, 0) is 14.8 Å². The second-order valence-electron chi connectivity index (χ2n) is 7.34. The number of hydrogen-bond acceptors (Lipinski definition) is 8. The summed E-state index contributed by atoms with van der Waals surface area (Å²) in [4.78, 5) is 23.7. The first kappa shape index (κ1) is 24.1. The van der Waals surface area contributed by atoms with Crippen molar-refractivity contribution in [3.05, 3.63) is 52.6 Å². The Hall–Kier alpha value is -3.54. The maximum Gasteiger partial charge on any atom is 0.271 e. The molecule has 2 aromatic carbocycles. The molecule has 1 amide bonds. The third-order valence-electron chi connectivity index (χ3n) is 5.01. The number of nitrogens with one attached hydrogen (secondary N) is 1. The third kappa shape index (κ3) is 5.45. The summed E-state index contributed by atoms with van der Waals surface area (Å²) in [7, 11) is -2.71. The van der Waals surface area contributed by atoms with Crippen LogP contribution < -0.4 is 23.8 Å². The number of anilines is 1. The van der Waals surface area contributed by atoms with Crippen LogP contribution in [0.5, 0.6) is 17.2 Å². The molecule has 0 unspecified atom stereocenters. The van der Waals surface area contributed by atoms with E-state index < -0.39 is 33.0 Å². The zero-order valence-corrected chi connectivity index (χ0v) is 19.2. The summed E-state index contributed by atoms with van der Waals surface area (Å²) in [6.45, 7) is 1.93. The minimum Gasteiger partial charge on any atom is -0.495 e. The molecule has 0 spiro atoms. The summed E-state index contributed by atoms with van der Waals surface area (Å²) >= 11 is 0. The lowest BCUT2D eigenvalue weighted by Gasteiger charge is -2.32. The molecule has 1 N–H and O–H groups in total. The number of nitro groups is 1. The quantitative estimate of drug-likeness (QED) is 0.426. The molecule has 0 fully saturated rings. The fourth-order valence-corrected chi connectivity index (χ4v) is 4.70. The Kier molecular flexibility index (Phi) is 7.26. The van der Waals surface area contributed by atoms with Crippen molar-refractivity contribution >= 4 is 27.3 Å². The number of methoxy groups -OCH3 is 1. The summed E-state index contributed by atoms with van der Waals surface area (Å²) in [5.74, 6) is 0.651. The predicted molar refractivity (Wildman–Crippen MR) is 120 cm³/mol.